The van der Waals surface area contributed by atoms with E-state index in [1.54, 1.807) is 6.92 Å². The third-order valence-electron chi connectivity index (χ3n) is 2.50. The van der Waals surface area contributed by atoms with Crippen LogP contribution in [-0.4, -0.2) is 28.0 Å². The zero-order chi connectivity index (χ0) is 15.3. The van der Waals surface area contributed by atoms with Crippen molar-refractivity contribution in [2.24, 2.45) is 0 Å². The number of pyridine rings is 1. The number of carboxylic acid groups (broad SMARTS) is 1. The van der Waals surface area contributed by atoms with Gasteiger partial charge in [0.05, 0.1) is 5.56 Å². The predicted molar refractivity (Wildman–Crippen MR) is 63.0 cm³/mol. The first kappa shape index (κ1) is 15.9. The van der Waals surface area contributed by atoms with E-state index in [2.05, 4.69) is 10.3 Å². The van der Waals surface area contributed by atoms with Crippen LogP contribution in [-0.2, 0) is 11.0 Å². The summed E-state index contributed by atoms with van der Waals surface area (Å²) >= 11 is 0. The smallest absolute Gasteiger partial charge is 0.433 e. The molecule has 0 aliphatic rings. The van der Waals surface area contributed by atoms with Gasteiger partial charge in [-0.25, -0.2) is 4.79 Å². The van der Waals surface area contributed by atoms with Crippen LogP contribution in [0.5, 0.6) is 0 Å². The number of alkyl halides is 3. The third kappa shape index (κ3) is 4.22. The Kier molecular flexibility index (Phi) is 5.06. The Morgan fingerprint density at radius 2 is 2.05 bits per heavy atom. The summed E-state index contributed by atoms with van der Waals surface area (Å²) in [7, 11) is 0. The molecule has 0 bridgehead atoms. The van der Waals surface area contributed by atoms with Crippen molar-refractivity contribution in [2.75, 3.05) is 0 Å². The average Bonchev–Trinajstić information content (AvgIpc) is 2.37. The van der Waals surface area contributed by atoms with E-state index in [1.807, 2.05) is 0 Å². The maximum Gasteiger partial charge on any atom is 0.433 e. The molecule has 110 valence electrons. The minimum absolute atomic E-state index is 0.125. The number of carboxylic acids is 1. The van der Waals surface area contributed by atoms with Gasteiger partial charge in [-0.1, -0.05) is 13.3 Å². The number of nitrogens with one attached hydrogen (secondary N) is 1. The van der Waals surface area contributed by atoms with Crippen LogP contribution in [0.2, 0.25) is 0 Å². The van der Waals surface area contributed by atoms with Crippen molar-refractivity contribution in [1.82, 2.24) is 10.3 Å². The number of aromatic nitrogens is 1. The number of hydrogen-bond donors (Lipinski definition) is 2. The lowest BCUT2D eigenvalue weighted by Gasteiger charge is -2.13. The lowest BCUT2D eigenvalue weighted by Crippen LogP contribution is -2.40. The summed E-state index contributed by atoms with van der Waals surface area (Å²) in [5, 5.41) is 11.1. The summed E-state index contributed by atoms with van der Waals surface area (Å²) < 4.78 is 36.9. The molecule has 1 amide bonds. The van der Waals surface area contributed by atoms with Crippen molar-refractivity contribution >= 4 is 11.9 Å². The number of aliphatic carboxylic acids is 1. The summed E-state index contributed by atoms with van der Waals surface area (Å²) in [5.41, 5.74) is -1.24. The number of carbonyl (C=O) groups excluding carboxylic acids is 1. The van der Waals surface area contributed by atoms with Gasteiger partial charge in [0.25, 0.3) is 5.91 Å². The molecular weight excluding hydrogens is 277 g/mol. The van der Waals surface area contributed by atoms with E-state index in [4.69, 9.17) is 5.11 Å². The first-order valence-electron chi connectivity index (χ1n) is 5.82. The van der Waals surface area contributed by atoms with Gasteiger partial charge in [-0.15, -0.1) is 0 Å². The van der Waals surface area contributed by atoms with Crippen molar-refractivity contribution in [3.63, 3.8) is 0 Å². The molecule has 1 aromatic rings. The summed E-state index contributed by atoms with van der Waals surface area (Å²) in [6.45, 7) is 1.75. The molecule has 0 fully saturated rings. The van der Waals surface area contributed by atoms with Gasteiger partial charge in [0, 0.05) is 6.20 Å². The van der Waals surface area contributed by atoms with Gasteiger partial charge in [0.2, 0.25) is 0 Å². The maximum absolute atomic E-state index is 12.3. The normalized spacial score (nSPS) is 12.8. The summed E-state index contributed by atoms with van der Waals surface area (Å²) in [5.74, 6) is -1.97. The highest BCUT2D eigenvalue weighted by Gasteiger charge is 2.32. The number of halogens is 3. The van der Waals surface area contributed by atoms with Crippen molar-refractivity contribution in [2.45, 2.75) is 32.0 Å². The topological polar surface area (TPSA) is 79.3 Å². The molecule has 1 atom stereocenters. The molecule has 2 N–H and O–H groups in total. The molecule has 1 heterocycles. The molecule has 0 aliphatic heterocycles. The Bertz CT molecular complexity index is 486. The van der Waals surface area contributed by atoms with Gasteiger partial charge in [-0.05, 0) is 18.6 Å². The highest BCUT2D eigenvalue weighted by Crippen LogP contribution is 2.27. The van der Waals surface area contributed by atoms with Crippen LogP contribution in [0.15, 0.2) is 18.3 Å². The molecule has 0 saturated carbocycles. The Morgan fingerprint density at radius 3 is 2.45 bits per heavy atom. The molecular formula is C12H13F3N2O3. The Hall–Kier alpha value is -2.12. The van der Waals surface area contributed by atoms with E-state index in [1.165, 1.54) is 0 Å². The first-order chi connectivity index (χ1) is 9.25. The van der Waals surface area contributed by atoms with Gasteiger partial charge >= 0.3 is 12.1 Å². The predicted octanol–water partition coefficient (Wildman–Crippen LogP) is 2.08. The van der Waals surface area contributed by atoms with Gasteiger partial charge in [-0.2, -0.15) is 13.2 Å². The van der Waals surface area contributed by atoms with Crippen molar-refractivity contribution in [3.8, 4) is 0 Å². The Balaban J connectivity index is 2.80. The summed E-state index contributed by atoms with van der Waals surface area (Å²) in [6.07, 6.45) is -3.04. The average molecular weight is 290 g/mol. The Labute approximate surface area is 112 Å². The van der Waals surface area contributed by atoms with E-state index in [-0.39, 0.29) is 12.0 Å². The van der Waals surface area contributed by atoms with Crippen LogP contribution in [0.25, 0.3) is 0 Å². The van der Waals surface area contributed by atoms with Crippen LogP contribution in [0.3, 0.4) is 0 Å². The number of carbonyl (C=O) groups is 2. The van der Waals surface area contributed by atoms with E-state index >= 15 is 0 Å². The molecule has 0 unspecified atom stereocenters. The summed E-state index contributed by atoms with van der Waals surface area (Å²) in [6, 6.07) is 0.551. The molecule has 0 radical (unpaired) electrons. The van der Waals surface area contributed by atoms with Gasteiger partial charge in [0.15, 0.2) is 0 Å². The Morgan fingerprint density at radius 1 is 1.40 bits per heavy atom. The van der Waals surface area contributed by atoms with Crippen molar-refractivity contribution < 1.29 is 27.9 Å². The van der Waals surface area contributed by atoms with E-state index in [9.17, 15) is 22.8 Å². The molecule has 0 aromatic carbocycles. The van der Waals surface area contributed by atoms with Crippen molar-refractivity contribution in [1.29, 1.82) is 0 Å². The zero-order valence-electron chi connectivity index (χ0n) is 10.6. The van der Waals surface area contributed by atoms with Crippen LogP contribution in [0.4, 0.5) is 13.2 Å². The van der Waals surface area contributed by atoms with E-state index in [0.717, 1.165) is 12.3 Å². The van der Waals surface area contributed by atoms with Crippen LogP contribution in [0, 0.1) is 0 Å². The minimum atomic E-state index is -4.58. The maximum atomic E-state index is 12.3. The number of nitrogens with zero attached hydrogens (tertiary/aromatic N) is 1. The lowest BCUT2D eigenvalue weighted by molar-refractivity contribution is -0.141. The molecule has 8 heteroatoms. The molecule has 0 spiro atoms. The van der Waals surface area contributed by atoms with Gasteiger partial charge < -0.3 is 10.4 Å². The molecule has 1 rings (SSSR count). The number of amides is 1. The van der Waals surface area contributed by atoms with E-state index in [0.29, 0.717) is 12.5 Å². The SMILES string of the molecule is CCC[C@H](NC(=O)c1ccc(C(F)(F)F)nc1)C(=O)O. The minimum Gasteiger partial charge on any atom is -0.480 e. The first-order valence-corrected chi connectivity index (χ1v) is 5.82. The van der Waals surface area contributed by atoms with Crippen LogP contribution >= 0.6 is 0 Å². The number of rotatable bonds is 5. The fourth-order valence-electron chi connectivity index (χ4n) is 1.48. The largest absolute Gasteiger partial charge is 0.480 e. The van der Waals surface area contributed by atoms with Crippen LogP contribution < -0.4 is 5.32 Å². The molecule has 1 aromatic heterocycles. The fourth-order valence-corrected chi connectivity index (χ4v) is 1.48. The number of hydrogen-bond acceptors (Lipinski definition) is 3. The lowest BCUT2D eigenvalue weighted by atomic mass is 10.1. The second kappa shape index (κ2) is 6.36. The quantitative estimate of drug-likeness (QED) is 0.870. The van der Waals surface area contributed by atoms with E-state index < -0.39 is 29.8 Å². The van der Waals surface area contributed by atoms with Gasteiger partial charge in [-0.3, -0.25) is 9.78 Å². The fraction of sp³-hybridized carbons (Fsp3) is 0.417. The standard InChI is InChI=1S/C12H13F3N2O3/c1-2-3-8(11(19)20)17-10(18)7-4-5-9(16-6-7)12(13,14)15/h4-6,8H,2-3H2,1H3,(H,17,18)(H,19,20)/t8-/m0/s1. The monoisotopic (exact) mass is 290 g/mol. The summed E-state index contributed by atoms with van der Waals surface area (Å²) in [4.78, 5) is 25.7. The molecule has 5 nitrogen and oxygen atoms in total. The van der Waals surface area contributed by atoms with Crippen LogP contribution in [0.1, 0.15) is 35.8 Å². The molecule has 20 heavy (non-hydrogen) atoms. The van der Waals surface area contributed by atoms with Crippen molar-refractivity contribution in [3.05, 3.63) is 29.6 Å². The second-order valence-electron chi connectivity index (χ2n) is 4.08. The molecule has 0 aliphatic carbocycles. The molecule has 0 saturated heterocycles. The van der Waals surface area contributed by atoms with Gasteiger partial charge in [0.1, 0.15) is 11.7 Å². The zero-order valence-corrected chi connectivity index (χ0v) is 10.6. The highest BCUT2D eigenvalue weighted by molar-refractivity contribution is 5.96. The second-order valence-corrected chi connectivity index (χ2v) is 4.08. The third-order valence-corrected chi connectivity index (χ3v) is 2.50. The highest BCUT2D eigenvalue weighted by atomic mass is 19.4.